The van der Waals surface area contributed by atoms with Gasteiger partial charge < -0.3 is 10.0 Å². The van der Waals surface area contributed by atoms with E-state index in [1.807, 2.05) is 27.7 Å². The molecule has 1 heterocycles. The molecule has 0 radical (unpaired) electrons. The van der Waals surface area contributed by atoms with Gasteiger partial charge in [-0.25, -0.2) is 9.78 Å². The van der Waals surface area contributed by atoms with Crippen LogP contribution in [0.3, 0.4) is 0 Å². The molecule has 0 saturated heterocycles. The number of nitrogens with zero attached hydrogens (tertiary/aromatic N) is 2. The second-order valence-corrected chi connectivity index (χ2v) is 5.65. The van der Waals surface area contributed by atoms with E-state index in [2.05, 4.69) is 4.98 Å². The average molecular weight is 270 g/mol. The Morgan fingerprint density at radius 3 is 2.39 bits per heavy atom. The zero-order chi connectivity index (χ0) is 13.9. The molecular weight excluding hydrogens is 252 g/mol. The molecule has 0 fully saturated rings. The van der Waals surface area contributed by atoms with Gasteiger partial charge in [-0.1, -0.05) is 13.8 Å². The molecule has 0 atom stereocenters. The number of carboxylic acid groups (broad SMARTS) is 1. The van der Waals surface area contributed by atoms with Crippen LogP contribution in [0.15, 0.2) is 5.38 Å². The van der Waals surface area contributed by atoms with Gasteiger partial charge in [-0.2, -0.15) is 0 Å². The van der Waals surface area contributed by atoms with Crippen molar-refractivity contribution in [3.8, 4) is 0 Å². The van der Waals surface area contributed by atoms with Crippen LogP contribution in [0.5, 0.6) is 0 Å². The third-order valence-corrected chi connectivity index (χ3v) is 3.18. The monoisotopic (exact) mass is 270 g/mol. The first-order chi connectivity index (χ1) is 8.32. The maximum atomic E-state index is 12.2. The van der Waals surface area contributed by atoms with Gasteiger partial charge >= 0.3 is 5.97 Å². The van der Waals surface area contributed by atoms with Gasteiger partial charge in [0.2, 0.25) is 0 Å². The number of carbonyl (C=O) groups excluding carboxylic acids is 1. The van der Waals surface area contributed by atoms with E-state index in [1.165, 1.54) is 5.38 Å². The first-order valence-corrected chi connectivity index (χ1v) is 6.70. The minimum absolute atomic E-state index is 0.0667. The number of hydrogen-bond donors (Lipinski definition) is 1. The standard InChI is InChI=1S/C12H18N2O3S/c1-7(2)5-14(8(3)4)11(15)10-13-9(6-18-10)12(16)17/h6-8H,5H2,1-4H3,(H,16,17). The predicted octanol–water partition coefficient (Wildman–Crippen LogP) is 2.35. The lowest BCUT2D eigenvalue weighted by Crippen LogP contribution is -2.39. The SMILES string of the molecule is CC(C)CN(C(=O)c1nc(C(=O)O)cs1)C(C)C. The Balaban J connectivity index is 2.91. The normalized spacial score (nSPS) is 11.0. The quantitative estimate of drug-likeness (QED) is 0.891. The third-order valence-electron chi connectivity index (χ3n) is 2.35. The molecular formula is C12H18N2O3S. The van der Waals surface area contributed by atoms with E-state index in [-0.39, 0.29) is 22.7 Å². The van der Waals surface area contributed by atoms with Crippen molar-refractivity contribution in [1.82, 2.24) is 9.88 Å². The van der Waals surface area contributed by atoms with E-state index in [4.69, 9.17) is 5.11 Å². The molecule has 1 N–H and O–H groups in total. The molecule has 1 rings (SSSR count). The third kappa shape index (κ3) is 3.53. The summed E-state index contributed by atoms with van der Waals surface area (Å²) in [5.41, 5.74) is -0.0726. The first-order valence-electron chi connectivity index (χ1n) is 5.82. The fraction of sp³-hybridized carbons (Fsp3) is 0.583. The lowest BCUT2D eigenvalue weighted by Gasteiger charge is -2.27. The maximum absolute atomic E-state index is 12.2. The van der Waals surface area contributed by atoms with E-state index in [0.29, 0.717) is 12.5 Å². The molecule has 0 bridgehead atoms. The molecule has 1 aromatic heterocycles. The number of aromatic nitrogens is 1. The van der Waals surface area contributed by atoms with E-state index < -0.39 is 5.97 Å². The molecule has 1 aromatic rings. The molecule has 100 valence electrons. The minimum atomic E-state index is -1.11. The zero-order valence-corrected chi connectivity index (χ0v) is 11.8. The highest BCUT2D eigenvalue weighted by atomic mass is 32.1. The summed E-state index contributed by atoms with van der Waals surface area (Å²) in [4.78, 5) is 28.5. The number of amides is 1. The largest absolute Gasteiger partial charge is 0.476 e. The van der Waals surface area contributed by atoms with Crippen molar-refractivity contribution in [3.05, 3.63) is 16.1 Å². The van der Waals surface area contributed by atoms with Crippen LogP contribution >= 0.6 is 11.3 Å². The Morgan fingerprint density at radius 1 is 1.39 bits per heavy atom. The molecule has 0 saturated carbocycles. The van der Waals surface area contributed by atoms with Crippen molar-refractivity contribution < 1.29 is 14.7 Å². The summed E-state index contributed by atoms with van der Waals surface area (Å²) in [5, 5.41) is 10.4. The van der Waals surface area contributed by atoms with E-state index >= 15 is 0 Å². The Morgan fingerprint density at radius 2 is 2.00 bits per heavy atom. The molecule has 1 amide bonds. The number of rotatable bonds is 5. The molecule has 0 aliphatic heterocycles. The fourth-order valence-electron chi connectivity index (χ4n) is 1.51. The highest BCUT2D eigenvalue weighted by molar-refractivity contribution is 7.11. The average Bonchev–Trinajstić information content (AvgIpc) is 2.73. The van der Waals surface area contributed by atoms with Gasteiger partial charge in [0.05, 0.1) is 0 Å². The molecule has 0 unspecified atom stereocenters. The van der Waals surface area contributed by atoms with E-state index in [1.54, 1.807) is 4.90 Å². The van der Waals surface area contributed by atoms with Crippen LogP contribution in [0.1, 0.15) is 48.0 Å². The second kappa shape index (κ2) is 5.95. The van der Waals surface area contributed by atoms with Gasteiger partial charge in [0.1, 0.15) is 0 Å². The molecule has 18 heavy (non-hydrogen) atoms. The van der Waals surface area contributed by atoms with Gasteiger partial charge in [0.15, 0.2) is 10.7 Å². The van der Waals surface area contributed by atoms with Crippen molar-refractivity contribution >= 4 is 23.2 Å². The van der Waals surface area contributed by atoms with Crippen LogP contribution in [-0.4, -0.2) is 39.5 Å². The Hall–Kier alpha value is -1.43. The van der Waals surface area contributed by atoms with Crippen LogP contribution in [0.2, 0.25) is 0 Å². The van der Waals surface area contributed by atoms with Crippen LogP contribution in [-0.2, 0) is 0 Å². The second-order valence-electron chi connectivity index (χ2n) is 4.79. The van der Waals surface area contributed by atoms with E-state index in [0.717, 1.165) is 11.3 Å². The fourth-order valence-corrected chi connectivity index (χ4v) is 2.26. The summed E-state index contributed by atoms with van der Waals surface area (Å²) in [7, 11) is 0. The topological polar surface area (TPSA) is 70.5 Å². The lowest BCUT2D eigenvalue weighted by molar-refractivity contribution is 0.0680. The smallest absolute Gasteiger partial charge is 0.355 e. The Labute approximate surface area is 110 Å². The van der Waals surface area contributed by atoms with Crippen LogP contribution in [0.25, 0.3) is 0 Å². The zero-order valence-electron chi connectivity index (χ0n) is 11.0. The maximum Gasteiger partial charge on any atom is 0.355 e. The summed E-state index contributed by atoms with van der Waals surface area (Å²) in [6.07, 6.45) is 0. The number of thiazole rings is 1. The minimum Gasteiger partial charge on any atom is -0.476 e. The molecule has 6 heteroatoms. The molecule has 0 aliphatic rings. The Bertz CT molecular complexity index is 440. The van der Waals surface area contributed by atoms with E-state index in [9.17, 15) is 9.59 Å². The van der Waals surface area contributed by atoms with Gasteiger partial charge in [-0.3, -0.25) is 4.79 Å². The molecule has 0 spiro atoms. The van der Waals surface area contributed by atoms with Gasteiger partial charge in [0.25, 0.3) is 5.91 Å². The number of carbonyl (C=O) groups is 2. The number of hydrogen-bond acceptors (Lipinski definition) is 4. The molecule has 0 aliphatic carbocycles. The Kier molecular flexibility index (Phi) is 4.84. The lowest BCUT2D eigenvalue weighted by atomic mass is 10.2. The highest BCUT2D eigenvalue weighted by Gasteiger charge is 2.23. The van der Waals surface area contributed by atoms with Crippen molar-refractivity contribution in [3.63, 3.8) is 0 Å². The van der Waals surface area contributed by atoms with Crippen molar-refractivity contribution in [2.45, 2.75) is 33.7 Å². The van der Waals surface area contributed by atoms with Gasteiger partial charge in [-0.15, -0.1) is 11.3 Å². The van der Waals surface area contributed by atoms with Crippen LogP contribution < -0.4 is 0 Å². The summed E-state index contributed by atoms with van der Waals surface area (Å²) in [6.45, 7) is 8.58. The summed E-state index contributed by atoms with van der Waals surface area (Å²) < 4.78 is 0. The number of carboxylic acids is 1. The van der Waals surface area contributed by atoms with Crippen LogP contribution in [0, 0.1) is 5.92 Å². The summed E-state index contributed by atoms with van der Waals surface area (Å²) >= 11 is 1.08. The van der Waals surface area contributed by atoms with Gasteiger partial charge in [0, 0.05) is 18.0 Å². The molecule has 0 aromatic carbocycles. The molecule has 5 nitrogen and oxygen atoms in total. The highest BCUT2D eigenvalue weighted by Crippen LogP contribution is 2.15. The summed E-state index contributed by atoms with van der Waals surface area (Å²) in [6, 6.07) is 0.0667. The van der Waals surface area contributed by atoms with Gasteiger partial charge in [-0.05, 0) is 19.8 Å². The van der Waals surface area contributed by atoms with Crippen molar-refractivity contribution in [1.29, 1.82) is 0 Å². The van der Waals surface area contributed by atoms with Crippen molar-refractivity contribution in [2.24, 2.45) is 5.92 Å². The van der Waals surface area contributed by atoms with Crippen LogP contribution in [0.4, 0.5) is 0 Å². The number of aromatic carboxylic acids is 1. The first kappa shape index (κ1) is 14.6. The summed E-state index contributed by atoms with van der Waals surface area (Å²) in [5.74, 6) is -0.947. The predicted molar refractivity (Wildman–Crippen MR) is 70.1 cm³/mol. The van der Waals surface area contributed by atoms with Crippen molar-refractivity contribution in [2.75, 3.05) is 6.54 Å².